The number of piperidine rings is 1. The fourth-order valence-corrected chi connectivity index (χ4v) is 3.78. The molecule has 0 N–H and O–H groups in total. The predicted octanol–water partition coefficient (Wildman–Crippen LogP) is 3.83. The van der Waals surface area contributed by atoms with Gasteiger partial charge in [-0.25, -0.2) is 9.50 Å². The number of amides is 1. The van der Waals surface area contributed by atoms with E-state index in [-0.39, 0.29) is 28.9 Å². The molecule has 2 aromatic heterocycles. The molecule has 0 atom stereocenters. The number of likely N-dealkylation sites (tertiary alicyclic amines) is 1. The van der Waals surface area contributed by atoms with Crippen LogP contribution in [0, 0.1) is 5.92 Å². The number of halogens is 3. The number of carbonyl (C=O) groups is 2. The molecular formula is C22H21F3N4O3. The fourth-order valence-electron chi connectivity index (χ4n) is 3.78. The number of benzene rings is 1. The van der Waals surface area contributed by atoms with Gasteiger partial charge in [-0.15, -0.1) is 0 Å². The number of fused-ring (bicyclic) bond motifs is 1. The van der Waals surface area contributed by atoms with Gasteiger partial charge in [0.15, 0.2) is 17.0 Å². The second kappa shape index (κ2) is 8.60. The Kier molecular flexibility index (Phi) is 5.86. The average Bonchev–Trinajstić information content (AvgIpc) is 3.22. The normalized spacial score (nSPS) is 15.2. The summed E-state index contributed by atoms with van der Waals surface area (Å²) in [6.45, 7) is 2.61. The Morgan fingerprint density at radius 2 is 1.81 bits per heavy atom. The van der Waals surface area contributed by atoms with Crippen LogP contribution in [-0.2, 0) is 15.7 Å². The van der Waals surface area contributed by atoms with E-state index in [4.69, 9.17) is 4.74 Å². The standard InChI is InChI=1S/C22H21F3N4O3/c1-2-32-21(31)15-8-10-28(11-9-15)20(30)17-13-19-26-16(14-6-4-3-5-7-14)12-18(22(23,24)25)29(19)27-17/h3-7,12-13,15H,2,8-11H2,1H3. The van der Waals surface area contributed by atoms with Gasteiger partial charge in [0, 0.05) is 24.7 Å². The van der Waals surface area contributed by atoms with Gasteiger partial charge in [-0.2, -0.15) is 18.3 Å². The van der Waals surface area contributed by atoms with Gasteiger partial charge < -0.3 is 9.64 Å². The first kappa shape index (κ1) is 21.8. The zero-order valence-electron chi connectivity index (χ0n) is 17.3. The summed E-state index contributed by atoms with van der Waals surface area (Å²) in [7, 11) is 0. The summed E-state index contributed by atoms with van der Waals surface area (Å²) in [6, 6.07) is 10.7. The minimum atomic E-state index is -4.69. The van der Waals surface area contributed by atoms with E-state index in [0.29, 0.717) is 42.6 Å². The van der Waals surface area contributed by atoms with Crippen molar-refractivity contribution in [2.24, 2.45) is 5.92 Å². The van der Waals surface area contributed by atoms with E-state index < -0.39 is 17.8 Å². The summed E-state index contributed by atoms with van der Waals surface area (Å²) in [4.78, 5) is 30.6. The minimum absolute atomic E-state index is 0.0663. The summed E-state index contributed by atoms with van der Waals surface area (Å²) in [5.41, 5.74) is -0.539. The molecule has 10 heteroatoms. The first-order valence-corrected chi connectivity index (χ1v) is 10.3. The van der Waals surface area contributed by atoms with Crippen molar-refractivity contribution in [3.63, 3.8) is 0 Å². The molecule has 0 bridgehead atoms. The van der Waals surface area contributed by atoms with Crippen LogP contribution in [0.2, 0.25) is 0 Å². The lowest BCUT2D eigenvalue weighted by atomic mass is 9.97. The van der Waals surface area contributed by atoms with Crippen LogP contribution in [0.25, 0.3) is 16.9 Å². The van der Waals surface area contributed by atoms with Crippen LogP contribution >= 0.6 is 0 Å². The Balaban J connectivity index is 1.63. The number of rotatable bonds is 4. The summed E-state index contributed by atoms with van der Waals surface area (Å²) < 4.78 is 46.9. The van der Waals surface area contributed by atoms with E-state index in [1.54, 1.807) is 37.3 Å². The van der Waals surface area contributed by atoms with Crippen LogP contribution in [0.3, 0.4) is 0 Å². The molecule has 168 valence electrons. The van der Waals surface area contributed by atoms with Gasteiger partial charge >= 0.3 is 12.1 Å². The average molecular weight is 446 g/mol. The lowest BCUT2D eigenvalue weighted by Gasteiger charge is -2.30. The number of ether oxygens (including phenoxy) is 1. The van der Waals surface area contributed by atoms with Gasteiger partial charge in [0.25, 0.3) is 5.91 Å². The molecule has 1 fully saturated rings. The molecule has 0 saturated carbocycles. The van der Waals surface area contributed by atoms with Crippen LogP contribution < -0.4 is 0 Å². The molecule has 0 spiro atoms. The van der Waals surface area contributed by atoms with Crippen molar-refractivity contribution in [3.8, 4) is 11.3 Å². The second-order valence-electron chi connectivity index (χ2n) is 7.51. The molecule has 0 radical (unpaired) electrons. The summed E-state index contributed by atoms with van der Waals surface area (Å²) in [6.07, 6.45) is -3.82. The minimum Gasteiger partial charge on any atom is -0.466 e. The monoisotopic (exact) mass is 446 g/mol. The molecule has 3 heterocycles. The number of aromatic nitrogens is 3. The third-order valence-corrected chi connectivity index (χ3v) is 5.41. The Labute approximate surface area is 181 Å². The number of alkyl halides is 3. The molecule has 32 heavy (non-hydrogen) atoms. The van der Waals surface area contributed by atoms with Crippen molar-refractivity contribution in [1.82, 2.24) is 19.5 Å². The van der Waals surface area contributed by atoms with Gasteiger partial charge in [0.05, 0.1) is 18.2 Å². The Hall–Kier alpha value is -3.43. The van der Waals surface area contributed by atoms with Crippen molar-refractivity contribution in [2.75, 3.05) is 19.7 Å². The van der Waals surface area contributed by atoms with Crippen molar-refractivity contribution < 1.29 is 27.5 Å². The van der Waals surface area contributed by atoms with Crippen LogP contribution in [0.1, 0.15) is 35.9 Å². The Bertz CT molecular complexity index is 1140. The van der Waals surface area contributed by atoms with Crippen LogP contribution in [0.15, 0.2) is 42.5 Å². The highest BCUT2D eigenvalue weighted by Crippen LogP contribution is 2.32. The predicted molar refractivity (Wildman–Crippen MR) is 109 cm³/mol. The first-order valence-electron chi connectivity index (χ1n) is 10.3. The molecule has 1 amide bonds. The Morgan fingerprint density at radius 1 is 1.12 bits per heavy atom. The van der Waals surface area contributed by atoms with Crippen LogP contribution in [-0.4, -0.2) is 51.1 Å². The van der Waals surface area contributed by atoms with Gasteiger partial charge in [-0.05, 0) is 25.8 Å². The zero-order valence-corrected chi connectivity index (χ0v) is 17.3. The maximum Gasteiger partial charge on any atom is 0.433 e. The maximum absolute atomic E-state index is 13.7. The lowest BCUT2D eigenvalue weighted by Crippen LogP contribution is -2.40. The SMILES string of the molecule is CCOC(=O)C1CCN(C(=O)c2cc3nc(-c4ccccc4)cc(C(F)(F)F)n3n2)CC1. The van der Waals surface area contributed by atoms with E-state index in [2.05, 4.69) is 10.1 Å². The quantitative estimate of drug-likeness (QED) is 0.570. The maximum atomic E-state index is 13.7. The van der Waals surface area contributed by atoms with Gasteiger partial charge in [-0.3, -0.25) is 9.59 Å². The third-order valence-electron chi connectivity index (χ3n) is 5.41. The molecule has 3 aromatic rings. The number of carbonyl (C=O) groups excluding carboxylic acids is 2. The zero-order chi connectivity index (χ0) is 22.9. The largest absolute Gasteiger partial charge is 0.466 e. The van der Waals surface area contributed by atoms with Crippen LogP contribution in [0.4, 0.5) is 13.2 Å². The third kappa shape index (κ3) is 4.30. The molecule has 1 aliphatic rings. The first-order chi connectivity index (χ1) is 15.3. The number of nitrogens with zero attached hydrogens (tertiary/aromatic N) is 4. The molecule has 0 unspecified atom stereocenters. The van der Waals surface area contributed by atoms with Crippen molar-refractivity contribution in [3.05, 3.63) is 53.9 Å². The van der Waals surface area contributed by atoms with Gasteiger partial charge in [0.1, 0.15) is 0 Å². The smallest absolute Gasteiger partial charge is 0.433 e. The second-order valence-corrected chi connectivity index (χ2v) is 7.51. The van der Waals surface area contributed by atoms with Gasteiger partial charge in [0.2, 0.25) is 0 Å². The highest BCUT2D eigenvalue weighted by molar-refractivity contribution is 5.93. The summed E-state index contributed by atoms with van der Waals surface area (Å²) in [5, 5.41) is 3.92. The molecule has 7 nitrogen and oxygen atoms in total. The van der Waals surface area contributed by atoms with Crippen molar-refractivity contribution in [1.29, 1.82) is 0 Å². The van der Waals surface area contributed by atoms with E-state index in [0.717, 1.165) is 6.07 Å². The van der Waals surface area contributed by atoms with Crippen molar-refractivity contribution in [2.45, 2.75) is 25.9 Å². The van der Waals surface area contributed by atoms with E-state index >= 15 is 0 Å². The van der Waals surface area contributed by atoms with E-state index in [1.165, 1.54) is 11.0 Å². The van der Waals surface area contributed by atoms with E-state index in [9.17, 15) is 22.8 Å². The molecule has 1 saturated heterocycles. The molecule has 1 aromatic carbocycles. The van der Waals surface area contributed by atoms with Crippen molar-refractivity contribution >= 4 is 17.5 Å². The van der Waals surface area contributed by atoms with E-state index in [1.807, 2.05) is 0 Å². The fraction of sp³-hybridized carbons (Fsp3) is 0.364. The van der Waals surface area contributed by atoms with Gasteiger partial charge in [-0.1, -0.05) is 30.3 Å². The summed E-state index contributed by atoms with van der Waals surface area (Å²) >= 11 is 0. The number of hydrogen-bond donors (Lipinski definition) is 0. The number of esters is 1. The molecule has 1 aliphatic heterocycles. The molecule has 4 rings (SSSR count). The van der Waals surface area contributed by atoms with Crippen LogP contribution in [0.5, 0.6) is 0 Å². The number of hydrogen-bond acceptors (Lipinski definition) is 5. The molecular weight excluding hydrogens is 425 g/mol. The molecule has 0 aliphatic carbocycles. The Morgan fingerprint density at radius 3 is 2.44 bits per heavy atom. The lowest BCUT2D eigenvalue weighted by molar-refractivity contribution is -0.149. The topological polar surface area (TPSA) is 76.8 Å². The summed E-state index contributed by atoms with van der Waals surface area (Å²) in [5.74, 6) is -1.07. The highest BCUT2D eigenvalue weighted by atomic mass is 19.4. The highest BCUT2D eigenvalue weighted by Gasteiger charge is 2.36.